The van der Waals surface area contributed by atoms with Crippen molar-refractivity contribution in [2.75, 3.05) is 5.53 Å². The fourth-order valence-corrected chi connectivity index (χ4v) is 6.77. The minimum atomic E-state index is 0.769. The molecule has 0 unspecified atom stereocenters. The van der Waals surface area contributed by atoms with E-state index in [1.807, 2.05) is 9.35 Å². The van der Waals surface area contributed by atoms with Crippen LogP contribution in [0.25, 0.3) is 89.7 Å². The molecule has 4 aliphatic heterocycles. The van der Waals surface area contributed by atoms with Gasteiger partial charge in [-0.3, -0.25) is 0 Å². The molecule has 9 heteroatoms. The van der Waals surface area contributed by atoms with Crippen molar-refractivity contribution in [3.63, 3.8) is 0 Å². The van der Waals surface area contributed by atoms with Crippen LogP contribution in [-0.4, -0.2) is 29.3 Å². The number of hydrogen-bond donors (Lipinski definition) is 1. The van der Waals surface area contributed by atoms with Gasteiger partial charge >= 0.3 is 23.3 Å². The van der Waals surface area contributed by atoms with Crippen molar-refractivity contribution in [2.24, 2.45) is 0 Å². The number of nitrogens with zero attached hydrogens (tertiary/aromatic N) is 8. The van der Waals surface area contributed by atoms with Crippen LogP contribution in [0.1, 0.15) is 0 Å². The van der Waals surface area contributed by atoms with Crippen LogP contribution in [0.5, 0.6) is 0 Å². The number of hydrogen-bond acceptors (Lipinski definition) is 5. The lowest BCUT2D eigenvalue weighted by Gasteiger charge is -2.07. The highest BCUT2D eigenvalue weighted by Crippen LogP contribution is 2.38. The van der Waals surface area contributed by atoms with Crippen LogP contribution in [0.2, 0.25) is 0 Å². The van der Waals surface area contributed by atoms with Gasteiger partial charge in [-0.15, -0.1) is 0 Å². The zero-order valence-corrected chi connectivity index (χ0v) is 21.3. The fraction of sp³-hybridized carbons (Fsp3) is 0. The molecule has 0 radical (unpaired) electrons. The predicted octanol–water partition coefficient (Wildman–Crippen LogP) is 4.55. The molecule has 0 spiro atoms. The molecule has 0 atom stereocenters. The lowest BCUT2D eigenvalue weighted by Crippen LogP contribution is -2.55. The molecule has 41 heavy (non-hydrogen) atoms. The number of rotatable bonds is 0. The molecule has 0 saturated carbocycles. The van der Waals surface area contributed by atoms with Crippen molar-refractivity contribution in [3.05, 3.63) is 97.1 Å². The zero-order valence-electron chi connectivity index (χ0n) is 21.3. The zero-order chi connectivity index (χ0) is 26.4. The standard InChI is InChI=1S/C32H17N9/c1-2-10-18-17(9-1)25-33-29-21-13-5-6-14-22(21)31-35-27-19-11-3-4-12-20(19)28-36-32-24-16-8-7-15-23(24)30(41(32)40(29)31)34-26(18)38(25)37-39(27)28/h1-16,37H/q+2. The molecule has 12 rings (SSSR count). The third-order valence-corrected chi connectivity index (χ3v) is 8.53. The highest BCUT2D eigenvalue weighted by molar-refractivity contribution is 6.08. The molecule has 8 aromatic rings. The first-order chi connectivity index (χ1) is 20.3. The van der Waals surface area contributed by atoms with Crippen molar-refractivity contribution >= 4 is 44.1 Å². The molecule has 9 nitrogen and oxygen atoms in total. The molecule has 188 valence electrons. The lowest BCUT2D eigenvalue weighted by molar-refractivity contribution is -1.10. The van der Waals surface area contributed by atoms with E-state index < -0.39 is 0 Å². The lowest BCUT2D eigenvalue weighted by atomic mass is 10.1. The van der Waals surface area contributed by atoms with E-state index in [4.69, 9.17) is 19.9 Å². The minimum Gasteiger partial charge on any atom is -0.219 e. The second-order valence-electron chi connectivity index (χ2n) is 10.6. The average molecular weight is 528 g/mol. The topological polar surface area (TPSA) is 81.7 Å². The first-order valence-electron chi connectivity index (χ1n) is 13.5. The van der Waals surface area contributed by atoms with Gasteiger partial charge in [-0.1, -0.05) is 77.5 Å². The Hall–Kier alpha value is -5.96. The van der Waals surface area contributed by atoms with Gasteiger partial charge < -0.3 is 0 Å². The molecule has 0 aliphatic carbocycles. The molecule has 4 aromatic carbocycles. The summed E-state index contributed by atoms with van der Waals surface area (Å²) in [6, 6.07) is 33.4. The molecule has 1 N–H and O–H groups in total. The second kappa shape index (κ2) is 6.60. The van der Waals surface area contributed by atoms with Crippen molar-refractivity contribution in [2.45, 2.75) is 0 Å². The predicted molar refractivity (Wildman–Crippen MR) is 154 cm³/mol. The fourth-order valence-electron chi connectivity index (χ4n) is 6.77. The molecular formula is C32H17N9+2. The smallest absolute Gasteiger partial charge is 0.219 e. The molecule has 12 bridgehead atoms. The summed E-state index contributed by atoms with van der Waals surface area (Å²) in [7, 11) is 0. The highest BCUT2D eigenvalue weighted by Gasteiger charge is 2.41. The molecule has 8 heterocycles. The van der Waals surface area contributed by atoms with E-state index in [1.54, 1.807) is 0 Å². The normalized spacial score (nSPS) is 13.1. The van der Waals surface area contributed by atoms with Gasteiger partial charge in [0.15, 0.2) is 0 Å². The Bertz CT molecular complexity index is 2280. The van der Waals surface area contributed by atoms with Crippen molar-refractivity contribution in [1.29, 1.82) is 0 Å². The largest absolute Gasteiger partial charge is 0.308 e. The summed E-state index contributed by atoms with van der Waals surface area (Å²) in [5, 5.41) is 4.04. The van der Waals surface area contributed by atoms with Crippen LogP contribution in [0.15, 0.2) is 97.1 Å². The summed E-state index contributed by atoms with van der Waals surface area (Å²) in [6.45, 7) is 0. The molecule has 0 saturated heterocycles. The first kappa shape index (κ1) is 20.0. The summed E-state index contributed by atoms with van der Waals surface area (Å²) >= 11 is 0. The maximum Gasteiger partial charge on any atom is 0.308 e. The van der Waals surface area contributed by atoms with Gasteiger partial charge in [0.1, 0.15) is 0 Å². The van der Waals surface area contributed by atoms with E-state index >= 15 is 0 Å². The van der Waals surface area contributed by atoms with E-state index in [2.05, 4.69) is 112 Å². The second-order valence-corrected chi connectivity index (χ2v) is 10.6. The Morgan fingerprint density at radius 1 is 0.390 bits per heavy atom. The van der Waals surface area contributed by atoms with Crippen LogP contribution < -0.4 is 14.6 Å². The van der Waals surface area contributed by atoms with Gasteiger partial charge in [0.2, 0.25) is 22.6 Å². The van der Waals surface area contributed by atoms with Gasteiger partial charge in [0.25, 0.3) is 0 Å². The summed E-state index contributed by atoms with van der Waals surface area (Å²) in [6.07, 6.45) is 0. The number of fused-ring (bicyclic) bond motifs is 4. The molecule has 0 amide bonds. The molecule has 4 aromatic heterocycles. The number of benzene rings is 4. The van der Waals surface area contributed by atoms with Gasteiger partial charge in [-0.25, -0.2) is 5.53 Å². The van der Waals surface area contributed by atoms with Gasteiger partial charge in [-0.05, 0) is 48.5 Å². The monoisotopic (exact) mass is 527 g/mol. The van der Waals surface area contributed by atoms with Gasteiger partial charge in [0, 0.05) is 21.5 Å². The SMILES string of the molecule is c1ccc2c(c1)-c1nc3c4ccccc4c4nc5[n+]6c(nc7c8ccccc8c(nc-2[n+]16)n7Nn34)-c1ccccc1-5. The maximum atomic E-state index is 5.43. The van der Waals surface area contributed by atoms with E-state index in [0.29, 0.717) is 0 Å². The Balaban J connectivity index is 1.61. The summed E-state index contributed by atoms with van der Waals surface area (Å²) < 4.78 is 8.19. The van der Waals surface area contributed by atoms with E-state index in [-0.39, 0.29) is 0 Å². The Labute approximate surface area is 230 Å². The van der Waals surface area contributed by atoms with Crippen LogP contribution in [0, 0.1) is 0 Å². The summed E-state index contributed by atoms with van der Waals surface area (Å²) in [5.41, 5.74) is 10.8. The van der Waals surface area contributed by atoms with Gasteiger partial charge in [0.05, 0.1) is 22.3 Å². The number of nitrogens with one attached hydrogen (secondary N) is 1. The third kappa shape index (κ3) is 2.20. The first-order valence-corrected chi connectivity index (χ1v) is 13.5. The molecular weight excluding hydrogens is 510 g/mol. The van der Waals surface area contributed by atoms with Crippen LogP contribution in [0.3, 0.4) is 0 Å². The van der Waals surface area contributed by atoms with E-state index in [9.17, 15) is 0 Å². The Morgan fingerprint density at radius 3 is 0.951 bits per heavy atom. The van der Waals surface area contributed by atoms with Crippen LogP contribution in [0.4, 0.5) is 0 Å². The van der Waals surface area contributed by atoms with Crippen LogP contribution in [-0.2, 0) is 0 Å². The van der Waals surface area contributed by atoms with Gasteiger partial charge in [-0.2, -0.15) is 9.35 Å². The molecule has 4 aliphatic rings. The summed E-state index contributed by atoms with van der Waals surface area (Å²) in [4.78, 5) is 21.7. The quantitative estimate of drug-likeness (QED) is 0.293. The number of aromatic nitrogens is 8. The molecule has 0 fully saturated rings. The van der Waals surface area contributed by atoms with Crippen LogP contribution >= 0.6 is 0 Å². The van der Waals surface area contributed by atoms with Crippen molar-refractivity contribution < 1.29 is 9.03 Å². The summed E-state index contributed by atoms with van der Waals surface area (Å²) in [5.74, 6) is 3.10. The third-order valence-electron chi connectivity index (χ3n) is 8.53. The minimum absolute atomic E-state index is 0.769. The maximum absolute atomic E-state index is 5.43. The van der Waals surface area contributed by atoms with Crippen molar-refractivity contribution in [3.8, 4) is 45.6 Å². The Morgan fingerprint density at radius 2 is 0.659 bits per heavy atom. The van der Waals surface area contributed by atoms with Crippen molar-refractivity contribution in [1.82, 2.24) is 29.3 Å². The van der Waals surface area contributed by atoms with E-state index in [0.717, 1.165) is 89.7 Å². The highest BCUT2D eigenvalue weighted by atomic mass is 15.7. The van der Waals surface area contributed by atoms with E-state index in [1.165, 1.54) is 0 Å². The Kier molecular flexibility index (Phi) is 3.22. The average Bonchev–Trinajstić information content (AvgIpc) is 3.69.